The third-order valence-corrected chi connectivity index (χ3v) is 2.28. The number of rotatable bonds is 2. The second kappa shape index (κ2) is 4.43. The molecule has 0 aliphatic rings. The molecule has 2 rings (SSSR count). The van der Waals surface area contributed by atoms with Crippen molar-refractivity contribution in [3.05, 3.63) is 48.5 Å². The molecule has 5 heteroatoms. The second-order valence-corrected chi connectivity index (χ2v) is 3.32. The molecule has 1 heterocycles. The number of hydrogen-bond donors (Lipinski definition) is 2. The molecule has 0 amide bonds. The standard InChI is InChI=1S/C11H9BFNO2/c13-11-9(8-3-2-6-14-7-8)4-1-5-10(11)12(15)16/h1-7,15-16H. The fourth-order valence-corrected chi connectivity index (χ4v) is 1.49. The van der Waals surface area contributed by atoms with Crippen LogP contribution >= 0.6 is 0 Å². The Morgan fingerprint density at radius 3 is 2.56 bits per heavy atom. The third kappa shape index (κ3) is 1.96. The van der Waals surface area contributed by atoms with E-state index in [2.05, 4.69) is 4.98 Å². The molecule has 0 aliphatic heterocycles. The van der Waals surface area contributed by atoms with E-state index < -0.39 is 12.9 Å². The van der Waals surface area contributed by atoms with Crippen molar-refractivity contribution in [3.63, 3.8) is 0 Å². The van der Waals surface area contributed by atoms with Crippen LogP contribution < -0.4 is 5.46 Å². The Morgan fingerprint density at radius 1 is 1.12 bits per heavy atom. The SMILES string of the molecule is OB(O)c1cccc(-c2cccnc2)c1F. The van der Waals surface area contributed by atoms with Crippen molar-refractivity contribution in [1.29, 1.82) is 0 Å². The fourth-order valence-electron chi connectivity index (χ4n) is 1.49. The molecule has 0 aliphatic carbocycles. The van der Waals surface area contributed by atoms with Gasteiger partial charge in [-0.15, -0.1) is 0 Å². The molecule has 0 saturated heterocycles. The molecule has 0 bridgehead atoms. The molecular formula is C11H9BFNO2. The third-order valence-electron chi connectivity index (χ3n) is 2.28. The maximum Gasteiger partial charge on any atom is 0.491 e. The van der Waals surface area contributed by atoms with Crippen LogP contribution in [0, 0.1) is 5.82 Å². The van der Waals surface area contributed by atoms with Gasteiger partial charge in [-0.05, 0) is 6.07 Å². The summed E-state index contributed by atoms with van der Waals surface area (Å²) in [6.07, 6.45) is 3.11. The predicted molar refractivity (Wildman–Crippen MR) is 59.5 cm³/mol. The molecular weight excluding hydrogens is 208 g/mol. The summed E-state index contributed by atoms with van der Waals surface area (Å²) in [7, 11) is -1.81. The minimum atomic E-state index is -1.81. The molecule has 1 aromatic heterocycles. The monoisotopic (exact) mass is 217 g/mol. The van der Waals surface area contributed by atoms with E-state index in [1.165, 1.54) is 12.3 Å². The zero-order valence-electron chi connectivity index (χ0n) is 8.34. The Kier molecular flexibility index (Phi) is 2.98. The highest BCUT2D eigenvalue weighted by atomic mass is 19.1. The van der Waals surface area contributed by atoms with Gasteiger partial charge < -0.3 is 10.0 Å². The van der Waals surface area contributed by atoms with E-state index >= 15 is 0 Å². The quantitative estimate of drug-likeness (QED) is 0.723. The highest BCUT2D eigenvalue weighted by Crippen LogP contribution is 2.20. The van der Waals surface area contributed by atoms with E-state index in [4.69, 9.17) is 10.0 Å². The topological polar surface area (TPSA) is 53.4 Å². The van der Waals surface area contributed by atoms with Gasteiger partial charge in [0, 0.05) is 29.0 Å². The molecule has 2 aromatic rings. The van der Waals surface area contributed by atoms with Gasteiger partial charge in [0.05, 0.1) is 0 Å². The molecule has 16 heavy (non-hydrogen) atoms. The van der Waals surface area contributed by atoms with Crippen molar-refractivity contribution >= 4 is 12.6 Å². The molecule has 0 atom stereocenters. The van der Waals surface area contributed by atoms with E-state index in [0.717, 1.165) is 0 Å². The van der Waals surface area contributed by atoms with Gasteiger partial charge >= 0.3 is 7.12 Å². The van der Waals surface area contributed by atoms with Crippen molar-refractivity contribution < 1.29 is 14.4 Å². The number of aromatic nitrogens is 1. The van der Waals surface area contributed by atoms with Crippen molar-refractivity contribution in [2.24, 2.45) is 0 Å². The van der Waals surface area contributed by atoms with Crippen LogP contribution in [0.4, 0.5) is 4.39 Å². The van der Waals surface area contributed by atoms with Crippen LogP contribution in [-0.2, 0) is 0 Å². The van der Waals surface area contributed by atoms with Crippen LogP contribution in [0.5, 0.6) is 0 Å². The number of pyridine rings is 1. The summed E-state index contributed by atoms with van der Waals surface area (Å²) in [5.41, 5.74) is 0.766. The van der Waals surface area contributed by atoms with Gasteiger partial charge in [0.2, 0.25) is 0 Å². The van der Waals surface area contributed by atoms with Gasteiger partial charge in [-0.25, -0.2) is 4.39 Å². The van der Waals surface area contributed by atoms with Crippen LogP contribution in [0.2, 0.25) is 0 Å². The number of benzene rings is 1. The summed E-state index contributed by atoms with van der Waals surface area (Å²) < 4.78 is 13.9. The molecule has 0 spiro atoms. The van der Waals surface area contributed by atoms with Crippen molar-refractivity contribution in [2.75, 3.05) is 0 Å². The minimum absolute atomic E-state index is 0.138. The van der Waals surface area contributed by atoms with Crippen LogP contribution in [0.1, 0.15) is 0 Å². The lowest BCUT2D eigenvalue weighted by atomic mass is 9.78. The van der Waals surface area contributed by atoms with Crippen LogP contribution in [0.15, 0.2) is 42.7 Å². The van der Waals surface area contributed by atoms with Gasteiger partial charge in [0.15, 0.2) is 0 Å². The van der Waals surface area contributed by atoms with Crippen molar-refractivity contribution in [3.8, 4) is 11.1 Å². The largest absolute Gasteiger partial charge is 0.491 e. The Labute approximate surface area is 92.4 Å². The molecule has 3 nitrogen and oxygen atoms in total. The summed E-state index contributed by atoms with van der Waals surface area (Å²) >= 11 is 0. The summed E-state index contributed by atoms with van der Waals surface area (Å²) in [6.45, 7) is 0. The lowest BCUT2D eigenvalue weighted by Gasteiger charge is -2.07. The van der Waals surface area contributed by atoms with Crippen molar-refractivity contribution in [1.82, 2.24) is 4.98 Å². The van der Waals surface area contributed by atoms with Gasteiger partial charge in [-0.1, -0.05) is 24.3 Å². The summed E-state index contributed by atoms with van der Waals surface area (Å²) in [5.74, 6) is -0.634. The summed E-state index contributed by atoms with van der Waals surface area (Å²) in [5, 5.41) is 18.0. The molecule has 0 radical (unpaired) electrons. The van der Waals surface area contributed by atoms with Gasteiger partial charge in [0.25, 0.3) is 0 Å². The van der Waals surface area contributed by atoms with E-state index in [1.54, 1.807) is 30.5 Å². The van der Waals surface area contributed by atoms with Crippen LogP contribution in [0.3, 0.4) is 0 Å². The minimum Gasteiger partial charge on any atom is -0.423 e. The normalized spacial score (nSPS) is 10.2. The number of halogens is 1. The average Bonchev–Trinajstić information content (AvgIpc) is 2.30. The lowest BCUT2D eigenvalue weighted by molar-refractivity contribution is 0.423. The predicted octanol–water partition coefficient (Wildman–Crippen LogP) is 0.567. The van der Waals surface area contributed by atoms with E-state index in [0.29, 0.717) is 11.1 Å². The van der Waals surface area contributed by atoms with Gasteiger partial charge in [0.1, 0.15) is 5.82 Å². The fraction of sp³-hybridized carbons (Fsp3) is 0. The van der Waals surface area contributed by atoms with E-state index in [-0.39, 0.29) is 5.46 Å². The Morgan fingerprint density at radius 2 is 1.94 bits per heavy atom. The van der Waals surface area contributed by atoms with E-state index in [9.17, 15) is 4.39 Å². The first-order chi connectivity index (χ1) is 7.70. The summed E-state index contributed by atoms with van der Waals surface area (Å²) in [4.78, 5) is 3.89. The zero-order chi connectivity index (χ0) is 11.5. The first-order valence-electron chi connectivity index (χ1n) is 4.75. The second-order valence-electron chi connectivity index (χ2n) is 3.32. The number of hydrogen-bond acceptors (Lipinski definition) is 3. The maximum atomic E-state index is 13.9. The first-order valence-corrected chi connectivity index (χ1v) is 4.75. The first kappa shape index (κ1) is 10.8. The molecule has 2 N–H and O–H groups in total. The van der Waals surface area contributed by atoms with Gasteiger partial charge in [-0.3, -0.25) is 4.98 Å². The van der Waals surface area contributed by atoms with E-state index in [1.807, 2.05) is 0 Å². The smallest absolute Gasteiger partial charge is 0.423 e. The Bertz CT molecular complexity index is 491. The molecule has 0 fully saturated rings. The maximum absolute atomic E-state index is 13.9. The highest BCUT2D eigenvalue weighted by Gasteiger charge is 2.19. The highest BCUT2D eigenvalue weighted by molar-refractivity contribution is 6.58. The molecule has 0 unspecified atom stereocenters. The van der Waals surface area contributed by atoms with Crippen molar-refractivity contribution in [2.45, 2.75) is 0 Å². The Balaban J connectivity index is 2.55. The molecule has 0 saturated carbocycles. The van der Waals surface area contributed by atoms with Crippen LogP contribution in [0.25, 0.3) is 11.1 Å². The average molecular weight is 217 g/mol. The number of nitrogens with zero attached hydrogens (tertiary/aromatic N) is 1. The molecule has 1 aromatic carbocycles. The summed E-state index contributed by atoms with van der Waals surface area (Å²) in [6, 6.07) is 7.87. The zero-order valence-corrected chi connectivity index (χ0v) is 8.34. The van der Waals surface area contributed by atoms with Gasteiger partial charge in [-0.2, -0.15) is 0 Å². The Hall–Kier alpha value is -1.72. The van der Waals surface area contributed by atoms with Crippen LogP contribution in [-0.4, -0.2) is 22.2 Å². The lowest BCUT2D eigenvalue weighted by Crippen LogP contribution is -2.32. The molecule has 80 valence electrons.